The maximum absolute atomic E-state index is 12.4. The number of hydrogen-bond donors (Lipinski definition) is 1. The highest BCUT2D eigenvalue weighted by molar-refractivity contribution is 6.52. The molecule has 1 saturated heterocycles. The third-order valence-corrected chi connectivity index (χ3v) is 5.72. The molecule has 2 aliphatic heterocycles. The number of fused-ring (bicyclic) bond motifs is 2. The first-order valence-corrected chi connectivity index (χ1v) is 8.75. The zero-order valence-corrected chi connectivity index (χ0v) is 13.8. The molecule has 1 N–H and O–H groups in total. The van der Waals surface area contributed by atoms with Gasteiger partial charge in [-0.1, -0.05) is 24.3 Å². The summed E-state index contributed by atoms with van der Waals surface area (Å²) in [5.41, 5.74) is 1.01. The van der Waals surface area contributed by atoms with Crippen molar-refractivity contribution >= 4 is 17.3 Å². The number of hydrogen-bond acceptors (Lipinski definition) is 6. The molecule has 0 atom stereocenters. The highest BCUT2D eigenvalue weighted by Gasteiger charge is 2.50. The minimum Gasteiger partial charge on any atom is -0.482 e. The standard InChI is InChI=1S/C19H19NO5/c21-15-12-3-1-2-4-13(12)17-14(16(15)22)20-11-18(25-17)5-7-19(8-6-18)23-9-10-24-19/h1-4,20H,5-11H2. The summed E-state index contributed by atoms with van der Waals surface area (Å²) in [5.74, 6) is -0.940. The minimum atomic E-state index is -0.515. The van der Waals surface area contributed by atoms with E-state index in [0.29, 0.717) is 42.3 Å². The Kier molecular flexibility index (Phi) is 3.12. The Morgan fingerprint density at radius 2 is 1.56 bits per heavy atom. The number of carbonyl (C=O) groups is 2. The number of rotatable bonds is 0. The van der Waals surface area contributed by atoms with Crippen LogP contribution in [0.4, 0.5) is 0 Å². The van der Waals surface area contributed by atoms with E-state index in [0.717, 1.165) is 25.7 Å². The lowest BCUT2D eigenvalue weighted by Crippen LogP contribution is -2.54. The molecule has 6 heteroatoms. The van der Waals surface area contributed by atoms with Gasteiger partial charge in [-0.3, -0.25) is 9.59 Å². The number of ketones is 2. The minimum absolute atomic E-state index is 0.294. The van der Waals surface area contributed by atoms with E-state index in [9.17, 15) is 9.59 Å². The molecule has 1 saturated carbocycles. The van der Waals surface area contributed by atoms with Crippen molar-refractivity contribution in [3.63, 3.8) is 0 Å². The van der Waals surface area contributed by atoms with Crippen LogP contribution in [0, 0.1) is 0 Å². The largest absolute Gasteiger partial charge is 0.482 e. The van der Waals surface area contributed by atoms with Gasteiger partial charge in [-0.25, -0.2) is 0 Å². The topological polar surface area (TPSA) is 73.9 Å². The molecular weight excluding hydrogens is 322 g/mol. The monoisotopic (exact) mass is 341 g/mol. The van der Waals surface area contributed by atoms with Crippen LogP contribution < -0.4 is 5.32 Å². The Labute approximate surface area is 145 Å². The normalized spacial score (nSPS) is 26.2. The van der Waals surface area contributed by atoms with Gasteiger partial charge in [-0.15, -0.1) is 0 Å². The molecule has 4 aliphatic rings. The number of carbonyl (C=O) groups excluding carboxylic acids is 2. The molecule has 2 spiro atoms. The predicted octanol–water partition coefficient (Wildman–Crippen LogP) is 1.80. The highest BCUT2D eigenvalue weighted by atomic mass is 16.7. The van der Waals surface area contributed by atoms with Gasteiger partial charge in [0, 0.05) is 24.0 Å². The van der Waals surface area contributed by atoms with Gasteiger partial charge in [-0.2, -0.15) is 0 Å². The zero-order valence-electron chi connectivity index (χ0n) is 13.8. The Bertz CT molecular complexity index is 796. The Balaban J connectivity index is 1.47. The summed E-state index contributed by atoms with van der Waals surface area (Å²) in [6, 6.07) is 7.14. The average molecular weight is 341 g/mol. The van der Waals surface area contributed by atoms with Crippen molar-refractivity contribution in [3.8, 4) is 0 Å². The van der Waals surface area contributed by atoms with E-state index in [1.165, 1.54) is 0 Å². The quantitative estimate of drug-likeness (QED) is 0.726. The fourth-order valence-electron chi connectivity index (χ4n) is 4.27. The first-order valence-electron chi connectivity index (χ1n) is 8.75. The summed E-state index contributed by atoms with van der Waals surface area (Å²) in [7, 11) is 0. The summed E-state index contributed by atoms with van der Waals surface area (Å²) in [6.45, 7) is 1.81. The molecule has 2 aliphatic carbocycles. The van der Waals surface area contributed by atoms with Crippen LogP contribution in [0.2, 0.25) is 0 Å². The lowest BCUT2D eigenvalue weighted by molar-refractivity contribution is -0.202. The van der Waals surface area contributed by atoms with Crippen molar-refractivity contribution in [1.29, 1.82) is 0 Å². The van der Waals surface area contributed by atoms with Gasteiger partial charge in [0.1, 0.15) is 11.3 Å². The van der Waals surface area contributed by atoms with Gasteiger partial charge in [0.25, 0.3) is 5.78 Å². The molecule has 1 aromatic rings. The Morgan fingerprint density at radius 1 is 0.880 bits per heavy atom. The van der Waals surface area contributed by atoms with Crippen LogP contribution in [-0.2, 0) is 19.0 Å². The highest BCUT2D eigenvalue weighted by Crippen LogP contribution is 2.46. The van der Waals surface area contributed by atoms with Gasteiger partial charge < -0.3 is 19.5 Å². The summed E-state index contributed by atoms with van der Waals surface area (Å²) in [5, 5.41) is 3.18. The number of ether oxygens (including phenoxy) is 3. The number of allylic oxidation sites excluding steroid dienone is 1. The first-order chi connectivity index (χ1) is 12.1. The van der Waals surface area contributed by atoms with Crippen molar-refractivity contribution in [2.24, 2.45) is 0 Å². The first kappa shape index (κ1) is 15.1. The van der Waals surface area contributed by atoms with Crippen molar-refractivity contribution in [2.75, 3.05) is 19.8 Å². The van der Waals surface area contributed by atoms with E-state index in [4.69, 9.17) is 14.2 Å². The second kappa shape index (κ2) is 5.16. The van der Waals surface area contributed by atoms with Crippen LogP contribution >= 0.6 is 0 Å². The molecule has 0 aromatic heterocycles. The molecule has 6 nitrogen and oxygen atoms in total. The van der Waals surface area contributed by atoms with E-state index in [-0.39, 0.29) is 0 Å². The maximum atomic E-state index is 12.4. The van der Waals surface area contributed by atoms with Crippen molar-refractivity contribution in [3.05, 3.63) is 41.1 Å². The third-order valence-electron chi connectivity index (χ3n) is 5.72. The van der Waals surface area contributed by atoms with E-state index in [1.807, 2.05) is 12.1 Å². The molecule has 130 valence electrons. The van der Waals surface area contributed by atoms with Gasteiger partial charge in [0.15, 0.2) is 11.5 Å². The van der Waals surface area contributed by atoms with Crippen LogP contribution in [0.5, 0.6) is 0 Å². The van der Waals surface area contributed by atoms with Crippen LogP contribution in [0.3, 0.4) is 0 Å². The molecule has 1 aromatic carbocycles. The van der Waals surface area contributed by atoms with Gasteiger partial charge in [0.2, 0.25) is 5.78 Å². The SMILES string of the molecule is O=C1C(=O)c2ccccc2C2=C1NCC1(CCC3(CC1)OCCO3)O2. The van der Waals surface area contributed by atoms with E-state index in [1.54, 1.807) is 12.1 Å². The molecule has 0 radical (unpaired) electrons. The van der Waals surface area contributed by atoms with Crippen LogP contribution in [-0.4, -0.2) is 42.7 Å². The number of benzene rings is 1. The van der Waals surface area contributed by atoms with Crippen molar-refractivity contribution in [2.45, 2.75) is 37.1 Å². The van der Waals surface area contributed by atoms with Crippen LogP contribution in [0.15, 0.2) is 30.0 Å². The van der Waals surface area contributed by atoms with E-state index < -0.39 is 23.0 Å². The zero-order chi connectivity index (χ0) is 17.1. The Hall–Kier alpha value is -2.18. The smallest absolute Gasteiger partial charge is 0.253 e. The molecule has 25 heavy (non-hydrogen) atoms. The second-order valence-corrected chi connectivity index (χ2v) is 7.15. The lowest BCUT2D eigenvalue weighted by atomic mass is 9.79. The third kappa shape index (κ3) is 2.17. The second-order valence-electron chi connectivity index (χ2n) is 7.15. The molecule has 0 bridgehead atoms. The van der Waals surface area contributed by atoms with E-state index in [2.05, 4.69) is 5.32 Å². The average Bonchev–Trinajstić information content (AvgIpc) is 3.11. The molecular formula is C19H19NO5. The summed E-state index contributed by atoms with van der Waals surface area (Å²) < 4.78 is 18.0. The van der Waals surface area contributed by atoms with Crippen LogP contribution in [0.25, 0.3) is 5.76 Å². The number of nitrogens with one attached hydrogen (secondary N) is 1. The number of Topliss-reactive ketones (excluding diaryl/α,β-unsaturated/α-hetero) is 2. The fourth-order valence-corrected chi connectivity index (χ4v) is 4.27. The molecule has 0 amide bonds. The van der Waals surface area contributed by atoms with Gasteiger partial charge in [0.05, 0.1) is 19.8 Å². The predicted molar refractivity (Wildman–Crippen MR) is 87.6 cm³/mol. The summed E-state index contributed by atoms with van der Waals surface area (Å²) in [6.07, 6.45) is 3.10. The molecule has 2 fully saturated rings. The summed E-state index contributed by atoms with van der Waals surface area (Å²) >= 11 is 0. The van der Waals surface area contributed by atoms with Gasteiger partial charge in [-0.05, 0) is 12.8 Å². The van der Waals surface area contributed by atoms with Crippen molar-refractivity contribution < 1.29 is 23.8 Å². The molecule has 0 unspecified atom stereocenters. The molecule has 2 heterocycles. The van der Waals surface area contributed by atoms with Gasteiger partial charge >= 0.3 is 0 Å². The molecule has 5 rings (SSSR count). The van der Waals surface area contributed by atoms with Crippen molar-refractivity contribution in [1.82, 2.24) is 5.32 Å². The summed E-state index contributed by atoms with van der Waals surface area (Å²) in [4.78, 5) is 24.7. The maximum Gasteiger partial charge on any atom is 0.253 e. The van der Waals surface area contributed by atoms with Crippen LogP contribution in [0.1, 0.15) is 41.6 Å². The lowest BCUT2D eigenvalue weighted by Gasteiger charge is -2.47. The fraction of sp³-hybridized carbons (Fsp3) is 0.474. The Morgan fingerprint density at radius 3 is 2.28 bits per heavy atom. The van der Waals surface area contributed by atoms with E-state index >= 15 is 0 Å².